The van der Waals surface area contributed by atoms with Gasteiger partial charge in [0.2, 0.25) is 0 Å². The molecule has 5 rings (SSSR count). The maximum atomic E-state index is 14.2. The van der Waals surface area contributed by atoms with E-state index in [0.717, 1.165) is 51.4 Å². The molecule has 0 aromatic rings. The second kappa shape index (κ2) is 6.99. The van der Waals surface area contributed by atoms with Gasteiger partial charge in [-0.2, -0.15) is 0 Å². The third kappa shape index (κ3) is 2.81. The summed E-state index contributed by atoms with van der Waals surface area (Å²) in [5.74, 6) is 0.0603. The first-order chi connectivity index (χ1) is 15.6. The van der Waals surface area contributed by atoms with Crippen LogP contribution >= 0.6 is 0 Å². The molecule has 0 amide bonds. The van der Waals surface area contributed by atoms with E-state index in [-0.39, 0.29) is 50.8 Å². The zero-order valence-corrected chi connectivity index (χ0v) is 22.5. The molecule has 0 heterocycles. The first kappa shape index (κ1) is 24.5. The highest BCUT2D eigenvalue weighted by molar-refractivity contribution is 5.95. The van der Waals surface area contributed by atoms with Crippen molar-refractivity contribution >= 4 is 11.8 Å². The standard InChI is InChI=1S/C30H46O4/c1-25(2)21-8-11-30(7)23(28(21,5)10-9-22(25)32)20(31)16-18-19-17-27(4,24(33)34)13-12-26(19,3)14-15-29(18,30)6/h16,19,21-23,32H,8-15,17H2,1-7H3,(H,33,34)/t19-,21-,22-,23?,26+,27-,28-,29+,30+/m0/s1. The summed E-state index contributed by atoms with van der Waals surface area (Å²) in [5, 5.41) is 20.9. The molecule has 9 atom stereocenters. The number of hydrogen-bond acceptors (Lipinski definition) is 3. The Morgan fingerprint density at radius 3 is 2.21 bits per heavy atom. The lowest BCUT2D eigenvalue weighted by atomic mass is 9.33. The topological polar surface area (TPSA) is 74.6 Å². The minimum atomic E-state index is -0.711. The van der Waals surface area contributed by atoms with Gasteiger partial charge in [0, 0.05) is 5.92 Å². The van der Waals surface area contributed by atoms with Crippen LogP contribution in [0.2, 0.25) is 0 Å². The minimum Gasteiger partial charge on any atom is -0.481 e. The van der Waals surface area contributed by atoms with E-state index in [9.17, 15) is 19.8 Å². The van der Waals surface area contributed by atoms with Crippen LogP contribution in [0.25, 0.3) is 0 Å². The summed E-state index contributed by atoms with van der Waals surface area (Å²) >= 11 is 0. The molecule has 5 aliphatic carbocycles. The van der Waals surface area contributed by atoms with Gasteiger partial charge in [0.1, 0.15) is 0 Å². The molecule has 2 N–H and O–H groups in total. The van der Waals surface area contributed by atoms with Crippen LogP contribution in [0.5, 0.6) is 0 Å². The van der Waals surface area contributed by atoms with Crippen molar-refractivity contribution in [2.24, 2.45) is 50.2 Å². The normalized spacial score (nSPS) is 54.1. The Morgan fingerprint density at radius 2 is 1.56 bits per heavy atom. The van der Waals surface area contributed by atoms with Crippen molar-refractivity contribution in [3.8, 4) is 0 Å². The molecule has 0 aromatic carbocycles. The summed E-state index contributed by atoms with van der Waals surface area (Å²) in [5.41, 5.74) is 0.142. The number of carboxylic acid groups (broad SMARTS) is 1. The van der Waals surface area contributed by atoms with E-state index in [1.165, 1.54) is 5.57 Å². The predicted octanol–water partition coefficient (Wildman–Crippen LogP) is 6.41. The third-order valence-electron chi connectivity index (χ3n) is 13.1. The van der Waals surface area contributed by atoms with Crippen LogP contribution in [-0.2, 0) is 9.59 Å². The zero-order chi connectivity index (χ0) is 25.1. The Labute approximate surface area is 206 Å². The molecule has 0 aliphatic heterocycles. The average molecular weight is 471 g/mol. The first-order valence-electron chi connectivity index (χ1n) is 13.7. The number of carbonyl (C=O) groups is 2. The molecule has 0 bridgehead atoms. The van der Waals surface area contributed by atoms with Gasteiger partial charge in [-0.05, 0) is 110 Å². The Balaban J connectivity index is 1.62. The van der Waals surface area contributed by atoms with E-state index in [1.54, 1.807) is 0 Å². The number of allylic oxidation sites excluding steroid dienone is 2. The SMILES string of the molecule is CC1(C)[C@@H](O)CC[C@]2(C)C3C(=O)C=C4[C@@H]5C[C@@](C)(C(=O)O)CC[C@]5(C)CC[C@@]4(C)[C@]3(C)CC[C@@H]12. The number of ketones is 1. The highest BCUT2D eigenvalue weighted by Gasteiger charge is 2.70. The van der Waals surface area contributed by atoms with Gasteiger partial charge in [-0.25, -0.2) is 0 Å². The fourth-order valence-corrected chi connectivity index (χ4v) is 10.4. The van der Waals surface area contributed by atoms with E-state index in [2.05, 4.69) is 41.5 Å². The fraction of sp³-hybridized carbons (Fsp3) is 0.867. The van der Waals surface area contributed by atoms with Crippen LogP contribution in [-0.4, -0.2) is 28.1 Å². The van der Waals surface area contributed by atoms with Crippen molar-refractivity contribution in [3.05, 3.63) is 11.6 Å². The molecular weight excluding hydrogens is 424 g/mol. The molecule has 4 heteroatoms. The van der Waals surface area contributed by atoms with Crippen LogP contribution in [0.1, 0.15) is 106 Å². The van der Waals surface area contributed by atoms with E-state index >= 15 is 0 Å². The number of aliphatic carboxylic acids is 1. The van der Waals surface area contributed by atoms with Crippen LogP contribution in [0.15, 0.2) is 11.6 Å². The zero-order valence-electron chi connectivity index (χ0n) is 22.5. The monoisotopic (exact) mass is 470 g/mol. The molecule has 0 radical (unpaired) electrons. The summed E-state index contributed by atoms with van der Waals surface area (Å²) in [6.45, 7) is 15.8. The summed E-state index contributed by atoms with van der Waals surface area (Å²) in [7, 11) is 0. The van der Waals surface area contributed by atoms with Crippen LogP contribution in [0.4, 0.5) is 0 Å². The summed E-state index contributed by atoms with van der Waals surface area (Å²) in [6, 6.07) is 0. The molecule has 0 spiro atoms. The van der Waals surface area contributed by atoms with Gasteiger partial charge in [-0.3, -0.25) is 9.59 Å². The maximum Gasteiger partial charge on any atom is 0.309 e. The summed E-state index contributed by atoms with van der Waals surface area (Å²) in [4.78, 5) is 26.4. The Kier molecular flexibility index (Phi) is 5.04. The number of rotatable bonds is 1. The molecule has 190 valence electrons. The lowest BCUT2D eigenvalue weighted by Crippen LogP contribution is -2.66. The van der Waals surface area contributed by atoms with Crippen molar-refractivity contribution in [2.75, 3.05) is 0 Å². The lowest BCUT2D eigenvalue weighted by Gasteiger charge is -2.70. The van der Waals surface area contributed by atoms with E-state index in [1.807, 2.05) is 13.0 Å². The van der Waals surface area contributed by atoms with Crippen molar-refractivity contribution in [3.63, 3.8) is 0 Å². The molecule has 4 saturated carbocycles. The van der Waals surface area contributed by atoms with Crippen molar-refractivity contribution in [2.45, 2.75) is 112 Å². The molecule has 1 unspecified atom stereocenters. The highest BCUT2D eigenvalue weighted by Crippen LogP contribution is 2.75. The first-order valence-corrected chi connectivity index (χ1v) is 13.7. The van der Waals surface area contributed by atoms with Gasteiger partial charge < -0.3 is 10.2 Å². The number of aliphatic hydroxyl groups excluding tert-OH is 1. The molecular formula is C30H46O4. The fourth-order valence-electron chi connectivity index (χ4n) is 10.4. The van der Waals surface area contributed by atoms with Gasteiger partial charge >= 0.3 is 5.97 Å². The third-order valence-corrected chi connectivity index (χ3v) is 13.1. The Morgan fingerprint density at radius 1 is 0.912 bits per heavy atom. The Bertz CT molecular complexity index is 965. The maximum absolute atomic E-state index is 14.2. The molecule has 0 saturated heterocycles. The van der Waals surface area contributed by atoms with Crippen LogP contribution in [0, 0.1) is 50.2 Å². The van der Waals surface area contributed by atoms with Gasteiger partial charge in [0.05, 0.1) is 11.5 Å². The number of hydrogen-bond donors (Lipinski definition) is 2. The smallest absolute Gasteiger partial charge is 0.309 e. The number of aliphatic hydroxyl groups is 1. The predicted molar refractivity (Wildman–Crippen MR) is 133 cm³/mol. The number of carboxylic acids is 1. The molecule has 4 nitrogen and oxygen atoms in total. The van der Waals surface area contributed by atoms with Gasteiger partial charge in [0.15, 0.2) is 5.78 Å². The summed E-state index contributed by atoms with van der Waals surface area (Å²) in [6.07, 6.45) is 9.95. The summed E-state index contributed by atoms with van der Waals surface area (Å²) < 4.78 is 0. The van der Waals surface area contributed by atoms with Gasteiger partial charge in [0.25, 0.3) is 0 Å². The number of fused-ring (bicyclic) bond motifs is 7. The second-order valence-corrected chi connectivity index (χ2v) is 14.9. The molecule has 0 aromatic heterocycles. The second-order valence-electron chi connectivity index (χ2n) is 14.9. The Hall–Kier alpha value is -1.16. The van der Waals surface area contributed by atoms with Crippen LogP contribution in [0.3, 0.4) is 0 Å². The van der Waals surface area contributed by atoms with Gasteiger partial charge in [-0.1, -0.05) is 47.1 Å². The van der Waals surface area contributed by atoms with Crippen molar-refractivity contribution < 1.29 is 19.8 Å². The van der Waals surface area contributed by atoms with Crippen molar-refractivity contribution in [1.29, 1.82) is 0 Å². The molecule has 34 heavy (non-hydrogen) atoms. The molecule has 4 fully saturated rings. The highest BCUT2D eigenvalue weighted by atomic mass is 16.4. The minimum absolute atomic E-state index is 0.0296. The van der Waals surface area contributed by atoms with Gasteiger partial charge in [-0.15, -0.1) is 0 Å². The largest absolute Gasteiger partial charge is 0.481 e. The number of carbonyl (C=O) groups excluding carboxylic acids is 1. The lowest BCUT2D eigenvalue weighted by molar-refractivity contribution is -0.202. The van der Waals surface area contributed by atoms with E-state index in [0.29, 0.717) is 12.3 Å². The quantitative estimate of drug-likeness (QED) is 0.464. The van der Waals surface area contributed by atoms with Crippen molar-refractivity contribution in [1.82, 2.24) is 0 Å². The van der Waals surface area contributed by atoms with E-state index < -0.39 is 11.4 Å². The van der Waals surface area contributed by atoms with E-state index in [4.69, 9.17) is 0 Å². The molecule has 5 aliphatic rings. The average Bonchev–Trinajstić information content (AvgIpc) is 2.73. The van der Waals surface area contributed by atoms with Crippen LogP contribution < -0.4 is 0 Å².